The maximum absolute atomic E-state index is 11.3. The van der Waals surface area contributed by atoms with Crippen molar-refractivity contribution in [1.29, 1.82) is 0 Å². The first kappa shape index (κ1) is 9.36. The number of thiocarbonyl (C=S) groups is 1. The van der Waals surface area contributed by atoms with Crippen molar-refractivity contribution in [2.24, 2.45) is 4.99 Å². The summed E-state index contributed by atoms with van der Waals surface area (Å²) in [6.45, 7) is 2.32. The largest absolute Gasteiger partial charge is 0.343 e. The number of hydrogen-bond donors (Lipinski definition) is 0. The Hall–Kier alpha value is -0.730. The van der Waals surface area contributed by atoms with Gasteiger partial charge in [0.05, 0.1) is 11.7 Å². The third kappa shape index (κ3) is 2.72. The molecule has 1 aliphatic rings. The van der Waals surface area contributed by atoms with E-state index in [1.807, 2.05) is 4.90 Å². The molecule has 0 bridgehead atoms. The van der Waals surface area contributed by atoms with Gasteiger partial charge in [-0.15, -0.1) is 0 Å². The van der Waals surface area contributed by atoms with Crippen LogP contribution in [0.2, 0.25) is 0 Å². The van der Waals surface area contributed by atoms with Crippen molar-refractivity contribution in [3.05, 3.63) is 0 Å². The molecule has 66 valence electrons. The van der Waals surface area contributed by atoms with E-state index in [2.05, 4.69) is 22.4 Å². The van der Waals surface area contributed by atoms with E-state index in [1.165, 1.54) is 0 Å². The Labute approximate surface area is 77.5 Å². The van der Waals surface area contributed by atoms with E-state index in [1.54, 1.807) is 0 Å². The fraction of sp³-hybridized carbons (Fsp3) is 0.750. The third-order valence-corrected chi connectivity index (χ3v) is 2.09. The molecule has 1 amide bonds. The van der Waals surface area contributed by atoms with Gasteiger partial charge in [-0.3, -0.25) is 4.79 Å². The molecule has 0 spiro atoms. The Bertz CT molecular complexity index is 205. The van der Waals surface area contributed by atoms with Gasteiger partial charge in [0.25, 0.3) is 0 Å². The van der Waals surface area contributed by atoms with E-state index in [-0.39, 0.29) is 5.91 Å². The highest BCUT2D eigenvalue weighted by Crippen LogP contribution is 2.08. The summed E-state index contributed by atoms with van der Waals surface area (Å²) in [5.41, 5.74) is 0. The quantitative estimate of drug-likeness (QED) is 0.486. The third-order valence-electron chi connectivity index (χ3n) is 1.96. The fourth-order valence-corrected chi connectivity index (χ4v) is 1.41. The average molecular weight is 184 g/mol. The first-order chi connectivity index (χ1) is 5.84. The zero-order chi connectivity index (χ0) is 8.81. The summed E-state index contributed by atoms with van der Waals surface area (Å²) in [4.78, 5) is 16.9. The SMILES string of the molecule is O=C(CCN=C=S)N1CCCC1. The number of likely N-dealkylation sites (tertiary alicyclic amines) is 1. The number of nitrogens with zero attached hydrogens (tertiary/aromatic N) is 2. The van der Waals surface area contributed by atoms with Gasteiger partial charge in [0, 0.05) is 19.5 Å². The second-order valence-electron chi connectivity index (χ2n) is 2.81. The van der Waals surface area contributed by atoms with Crippen molar-refractivity contribution in [2.75, 3.05) is 19.6 Å². The van der Waals surface area contributed by atoms with Crippen LogP contribution in [0.1, 0.15) is 19.3 Å². The van der Waals surface area contributed by atoms with Crippen LogP contribution in [0.15, 0.2) is 4.99 Å². The molecule has 1 rings (SSSR count). The predicted octanol–water partition coefficient (Wildman–Crippen LogP) is 1.10. The molecule has 0 aromatic heterocycles. The Balaban J connectivity index is 2.22. The molecule has 0 aliphatic carbocycles. The van der Waals surface area contributed by atoms with Gasteiger partial charge < -0.3 is 4.90 Å². The van der Waals surface area contributed by atoms with Crippen LogP contribution < -0.4 is 0 Å². The van der Waals surface area contributed by atoms with E-state index in [0.29, 0.717) is 13.0 Å². The van der Waals surface area contributed by atoms with Crippen LogP contribution in [0.4, 0.5) is 0 Å². The smallest absolute Gasteiger partial charge is 0.224 e. The van der Waals surface area contributed by atoms with Gasteiger partial charge >= 0.3 is 0 Å². The van der Waals surface area contributed by atoms with Crippen molar-refractivity contribution in [2.45, 2.75) is 19.3 Å². The van der Waals surface area contributed by atoms with Crippen molar-refractivity contribution in [3.63, 3.8) is 0 Å². The predicted molar refractivity (Wildman–Crippen MR) is 50.3 cm³/mol. The molecular formula is C8H12N2OS. The summed E-state index contributed by atoms with van der Waals surface area (Å²) in [5, 5.41) is 2.25. The second-order valence-corrected chi connectivity index (χ2v) is 2.99. The first-order valence-electron chi connectivity index (χ1n) is 4.16. The molecule has 0 saturated carbocycles. The standard InChI is InChI=1S/C8H12N2OS/c11-8(3-4-9-7-12)10-5-1-2-6-10/h1-6H2. The molecule has 4 heteroatoms. The van der Waals surface area contributed by atoms with Crippen LogP contribution in [0, 0.1) is 0 Å². The van der Waals surface area contributed by atoms with E-state index in [0.717, 1.165) is 25.9 Å². The topological polar surface area (TPSA) is 32.7 Å². The normalized spacial score (nSPS) is 15.8. The number of amides is 1. The van der Waals surface area contributed by atoms with E-state index >= 15 is 0 Å². The maximum Gasteiger partial charge on any atom is 0.224 e. The van der Waals surface area contributed by atoms with Gasteiger partial charge in [0.2, 0.25) is 5.91 Å². The Morgan fingerprint density at radius 3 is 2.75 bits per heavy atom. The van der Waals surface area contributed by atoms with E-state index < -0.39 is 0 Å². The fourth-order valence-electron chi connectivity index (χ4n) is 1.32. The van der Waals surface area contributed by atoms with Crippen molar-refractivity contribution >= 4 is 23.3 Å². The Kier molecular flexibility index (Phi) is 3.91. The van der Waals surface area contributed by atoms with Crippen LogP contribution in [0.3, 0.4) is 0 Å². The number of hydrogen-bond acceptors (Lipinski definition) is 3. The second kappa shape index (κ2) is 5.01. The van der Waals surface area contributed by atoms with E-state index in [4.69, 9.17) is 0 Å². The highest BCUT2D eigenvalue weighted by Gasteiger charge is 2.16. The van der Waals surface area contributed by atoms with Gasteiger partial charge in [-0.05, 0) is 25.1 Å². The number of aliphatic imine (C=N–C) groups is 1. The minimum atomic E-state index is 0.196. The molecule has 1 saturated heterocycles. The molecule has 0 radical (unpaired) electrons. The molecule has 0 unspecified atom stereocenters. The summed E-state index contributed by atoms with van der Waals surface area (Å²) in [7, 11) is 0. The van der Waals surface area contributed by atoms with Gasteiger partial charge in [0.15, 0.2) is 0 Å². The first-order valence-corrected chi connectivity index (χ1v) is 4.57. The van der Waals surface area contributed by atoms with Crippen molar-refractivity contribution < 1.29 is 4.79 Å². The van der Waals surface area contributed by atoms with Gasteiger partial charge in [-0.2, -0.15) is 0 Å². The molecule has 12 heavy (non-hydrogen) atoms. The van der Waals surface area contributed by atoms with Crippen LogP contribution in [0.25, 0.3) is 0 Å². The Morgan fingerprint density at radius 2 is 2.17 bits per heavy atom. The number of carbonyl (C=O) groups is 1. The molecule has 1 aliphatic heterocycles. The van der Waals surface area contributed by atoms with E-state index in [9.17, 15) is 4.79 Å². The number of carbonyl (C=O) groups excluding carboxylic acids is 1. The summed E-state index contributed by atoms with van der Waals surface area (Å²) in [6.07, 6.45) is 2.76. The van der Waals surface area contributed by atoms with Crippen LogP contribution in [0.5, 0.6) is 0 Å². The van der Waals surface area contributed by atoms with Gasteiger partial charge in [-0.1, -0.05) is 0 Å². The molecule has 1 heterocycles. The lowest BCUT2D eigenvalue weighted by atomic mass is 10.4. The summed E-state index contributed by atoms with van der Waals surface area (Å²) in [6, 6.07) is 0. The molecular weight excluding hydrogens is 172 g/mol. The van der Waals surface area contributed by atoms with Crippen molar-refractivity contribution in [1.82, 2.24) is 4.90 Å². The van der Waals surface area contributed by atoms with Crippen LogP contribution >= 0.6 is 12.2 Å². The molecule has 0 aromatic carbocycles. The van der Waals surface area contributed by atoms with Crippen LogP contribution in [-0.4, -0.2) is 35.6 Å². The lowest BCUT2D eigenvalue weighted by molar-refractivity contribution is -0.129. The number of rotatable bonds is 3. The number of isothiocyanates is 1. The van der Waals surface area contributed by atoms with Gasteiger partial charge in [0.1, 0.15) is 0 Å². The summed E-state index contributed by atoms with van der Waals surface area (Å²) < 4.78 is 0. The average Bonchev–Trinajstić information content (AvgIpc) is 2.56. The highest BCUT2D eigenvalue weighted by atomic mass is 32.1. The molecule has 3 nitrogen and oxygen atoms in total. The lowest BCUT2D eigenvalue weighted by Crippen LogP contribution is -2.27. The summed E-state index contributed by atoms with van der Waals surface area (Å²) in [5.74, 6) is 0.196. The minimum absolute atomic E-state index is 0.196. The molecule has 1 fully saturated rings. The van der Waals surface area contributed by atoms with Crippen molar-refractivity contribution in [3.8, 4) is 0 Å². The van der Waals surface area contributed by atoms with Crippen LogP contribution in [-0.2, 0) is 4.79 Å². The zero-order valence-electron chi connectivity index (χ0n) is 6.95. The lowest BCUT2D eigenvalue weighted by Gasteiger charge is -2.13. The molecule has 0 atom stereocenters. The minimum Gasteiger partial charge on any atom is -0.343 e. The van der Waals surface area contributed by atoms with Gasteiger partial charge in [-0.25, -0.2) is 4.99 Å². The highest BCUT2D eigenvalue weighted by molar-refractivity contribution is 7.78. The zero-order valence-corrected chi connectivity index (χ0v) is 7.77. The molecule has 0 N–H and O–H groups in total. The maximum atomic E-state index is 11.3. The molecule has 0 aromatic rings. The summed E-state index contributed by atoms with van der Waals surface area (Å²) >= 11 is 4.40. The monoisotopic (exact) mass is 184 g/mol. The Morgan fingerprint density at radius 1 is 1.50 bits per heavy atom.